The van der Waals surface area contributed by atoms with Crippen LogP contribution in [0.3, 0.4) is 0 Å². The molecule has 0 saturated heterocycles. The molecule has 0 aliphatic heterocycles. The highest BCUT2D eigenvalue weighted by atomic mass is 19.4. The van der Waals surface area contributed by atoms with Gasteiger partial charge in [-0.2, -0.15) is 13.2 Å². The minimum absolute atomic E-state index is 0.0455. The Labute approximate surface area is 179 Å². The minimum Gasteiger partial charge on any atom is -0.508 e. The topological polar surface area (TPSA) is 38.7 Å². The summed E-state index contributed by atoms with van der Waals surface area (Å²) in [7, 11) is 1.45. The van der Waals surface area contributed by atoms with E-state index in [1.807, 2.05) is 19.9 Å². The number of phenolic OH excluding ortho intramolecular Hbond substituents is 1. The average molecular weight is 428 g/mol. The molecule has 0 aliphatic rings. The molecule has 3 nitrogen and oxygen atoms in total. The lowest BCUT2D eigenvalue weighted by molar-refractivity contribution is -0.137. The molecule has 3 rings (SSSR count). The summed E-state index contributed by atoms with van der Waals surface area (Å²) in [5.41, 5.74) is 1.75. The summed E-state index contributed by atoms with van der Waals surface area (Å²) >= 11 is 0. The predicted octanol–water partition coefficient (Wildman–Crippen LogP) is 7.10. The lowest BCUT2D eigenvalue weighted by Gasteiger charge is -2.17. The van der Waals surface area contributed by atoms with Crippen molar-refractivity contribution in [2.45, 2.75) is 20.0 Å². The number of alkyl halides is 3. The standard InChI is InChI=1S/C25H23F3O3/c1-16(2)12-13-31-23-11-7-19(15-24(23)30-3)21-10-6-18(14-22(21)25(26,27)28)17-4-8-20(29)9-5-17/h4-12,14-15,29H,13H2,1-3H3. The molecule has 0 aromatic heterocycles. The van der Waals surface area contributed by atoms with Crippen LogP contribution < -0.4 is 9.47 Å². The van der Waals surface area contributed by atoms with Gasteiger partial charge in [-0.1, -0.05) is 35.9 Å². The molecule has 0 aliphatic carbocycles. The van der Waals surface area contributed by atoms with Crippen LogP contribution in [-0.2, 0) is 6.18 Å². The number of halogens is 3. The molecule has 1 N–H and O–H groups in total. The SMILES string of the molecule is COc1cc(-c2ccc(-c3ccc(O)cc3)cc2C(F)(F)F)ccc1OCC=C(C)C. The lowest BCUT2D eigenvalue weighted by atomic mass is 9.94. The highest BCUT2D eigenvalue weighted by Gasteiger charge is 2.34. The molecule has 0 bridgehead atoms. The van der Waals surface area contributed by atoms with Gasteiger partial charge in [-0.3, -0.25) is 0 Å². The fraction of sp³-hybridized carbons (Fsp3) is 0.200. The molecule has 0 atom stereocenters. The molecule has 0 fully saturated rings. The molecule has 0 heterocycles. The molecule has 3 aromatic rings. The Morgan fingerprint density at radius 3 is 2.13 bits per heavy atom. The maximum Gasteiger partial charge on any atom is 0.417 e. The summed E-state index contributed by atoms with van der Waals surface area (Å²) in [6.45, 7) is 4.24. The van der Waals surface area contributed by atoms with Crippen molar-refractivity contribution in [3.63, 3.8) is 0 Å². The van der Waals surface area contributed by atoms with E-state index >= 15 is 0 Å². The van der Waals surface area contributed by atoms with Gasteiger partial charge >= 0.3 is 6.18 Å². The third-order valence-corrected chi connectivity index (χ3v) is 4.73. The zero-order chi connectivity index (χ0) is 22.6. The number of phenols is 1. The van der Waals surface area contributed by atoms with Gasteiger partial charge in [0.1, 0.15) is 12.4 Å². The average Bonchev–Trinajstić information content (AvgIpc) is 2.73. The van der Waals surface area contributed by atoms with E-state index in [0.29, 0.717) is 34.8 Å². The number of hydrogen-bond donors (Lipinski definition) is 1. The molecule has 0 amide bonds. The van der Waals surface area contributed by atoms with Crippen LogP contribution in [0, 0.1) is 0 Å². The van der Waals surface area contributed by atoms with E-state index in [1.165, 1.54) is 25.3 Å². The van der Waals surface area contributed by atoms with Gasteiger partial charge in [-0.25, -0.2) is 0 Å². The van der Waals surface area contributed by atoms with Crippen molar-refractivity contribution in [1.82, 2.24) is 0 Å². The van der Waals surface area contributed by atoms with Crippen molar-refractivity contribution in [3.8, 4) is 39.5 Å². The Bertz CT molecular complexity index is 1080. The molecule has 0 unspecified atom stereocenters. The van der Waals surface area contributed by atoms with Crippen LogP contribution in [0.25, 0.3) is 22.3 Å². The van der Waals surface area contributed by atoms with Crippen molar-refractivity contribution in [2.24, 2.45) is 0 Å². The van der Waals surface area contributed by atoms with E-state index < -0.39 is 11.7 Å². The maximum absolute atomic E-state index is 13.9. The number of aromatic hydroxyl groups is 1. The Morgan fingerprint density at radius 2 is 1.52 bits per heavy atom. The molecule has 31 heavy (non-hydrogen) atoms. The van der Waals surface area contributed by atoms with Crippen LogP contribution in [0.2, 0.25) is 0 Å². The number of methoxy groups -OCH3 is 1. The van der Waals surface area contributed by atoms with Crippen LogP contribution in [0.5, 0.6) is 17.2 Å². The highest BCUT2D eigenvalue weighted by molar-refractivity contribution is 5.76. The summed E-state index contributed by atoms with van der Waals surface area (Å²) in [6, 6.07) is 15.0. The van der Waals surface area contributed by atoms with Gasteiger partial charge in [0.15, 0.2) is 11.5 Å². The van der Waals surface area contributed by atoms with Gasteiger partial charge in [0, 0.05) is 0 Å². The largest absolute Gasteiger partial charge is 0.508 e. The molecule has 0 spiro atoms. The van der Waals surface area contributed by atoms with Crippen LogP contribution in [0.15, 0.2) is 72.3 Å². The zero-order valence-electron chi connectivity index (χ0n) is 17.5. The van der Waals surface area contributed by atoms with Crippen LogP contribution in [0.1, 0.15) is 19.4 Å². The molecule has 6 heteroatoms. The number of allylic oxidation sites excluding steroid dienone is 1. The van der Waals surface area contributed by atoms with Crippen molar-refractivity contribution in [3.05, 3.63) is 77.9 Å². The predicted molar refractivity (Wildman–Crippen MR) is 115 cm³/mol. The Kier molecular flexibility index (Phi) is 6.59. The van der Waals surface area contributed by atoms with Crippen molar-refractivity contribution in [2.75, 3.05) is 13.7 Å². The summed E-state index contributed by atoms with van der Waals surface area (Å²) in [5, 5.41) is 9.43. The first kappa shape index (κ1) is 22.3. The first-order valence-electron chi connectivity index (χ1n) is 9.64. The molecule has 0 saturated carbocycles. The number of benzene rings is 3. The number of ether oxygens (including phenoxy) is 2. The maximum atomic E-state index is 13.9. The Hall–Kier alpha value is -3.41. The molecule has 3 aromatic carbocycles. The van der Waals surface area contributed by atoms with Gasteiger partial charge in [-0.05, 0) is 72.5 Å². The van der Waals surface area contributed by atoms with Gasteiger partial charge in [0.25, 0.3) is 0 Å². The monoisotopic (exact) mass is 428 g/mol. The third-order valence-electron chi connectivity index (χ3n) is 4.73. The summed E-state index contributed by atoms with van der Waals surface area (Å²) in [4.78, 5) is 0. The van der Waals surface area contributed by atoms with Crippen molar-refractivity contribution in [1.29, 1.82) is 0 Å². The van der Waals surface area contributed by atoms with Crippen molar-refractivity contribution >= 4 is 0 Å². The van der Waals surface area contributed by atoms with E-state index in [-0.39, 0.29) is 11.3 Å². The zero-order valence-corrected chi connectivity index (χ0v) is 17.5. The fourth-order valence-corrected chi connectivity index (χ4v) is 3.12. The first-order chi connectivity index (χ1) is 14.7. The first-order valence-corrected chi connectivity index (χ1v) is 9.64. The number of hydrogen-bond acceptors (Lipinski definition) is 3. The second-order valence-corrected chi connectivity index (χ2v) is 7.26. The van der Waals surface area contributed by atoms with Gasteiger partial charge in [0.05, 0.1) is 12.7 Å². The smallest absolute Gasteiger partial charge is 0.417 e. The number of rotatable bonds is 6. The Balaban J connectivity index is 2.03. The quantitative estimate of drug-likeness (QED) is 0.426. The van der Waals surface area contributed by atoms with E-state index in [4.69, 9.17) is 9.47 Å². The van der Waals surface area contributed by atoms with E-state index in [9.17, 15) is 18.3 Å². The van der Waals surface area contributed by atoms with Crippen LogP contribution in [0.4, 0.5) is 13.2 Å². The van der Waals surface area contributed by atoms with E-state index in [2.05, 4.69) is 0 Å². The lowest BCUT2D eigenvalue weighted by Crippen LogP contribution is -2.07. The van der Waals surface area contributed by atoms with Crippen LogP contribution in [-0.4, -0.2) is 18.8 Å². The summed E-state index contributed by atoms with van der Waals surface area (Å²) in [5.74, 6) is 0.865. The van der Waals surface area contributed by atoms with Gasteiger partial charge < -0.3 is 14.6 Å². The molecule has 0 radical (unpaired) electrons. The Morgan fingerprint density at radius 1 is 0.871 bits per heavy atom. The molecular formula is C25H23F3O3. The normalized spacial score (nSPS) is 11.2. The third kappa shape index (κ3) is 5.40. The summed E-state index contributed by atoms with van der Waals surface area (Å²) in [6.07, 6.45) is -2.65. The van der Waals surface area contributed by atoms with Crippen LogP contribution >= 0.6 is 0 Å². The van der Waals surface area contributed by atoms with Crippen molar-refractivity contribution < 1.29 is 27.8 Å². The van der Waals surface area contributed by atoms with E-state index in [1.54, 1.807) is 36.4 Å². The highest BCUT2D eigenvalue weighted by Crippen LogP contribution is 2.41. The van der Waals surface area contributed by atoms with Gasteiger partial charge in [-0.15, -0.1) is 0 Å². The minimum atomic E-state index is -4.55. The van der Waals surface area contributed by atoms with Gasteiger partial charge in [0.2, 0.25) is 0 Å². The molecular weight excluding hydrogens is 405 g/mol. The second-order valence-electron chi connectivity index (χ2n) is 7.26. The second kappa shape index (κ2) is 9.16. The molecule has 162 valence electrons. The fourth-order valence-electron chi connectivity index (χ4n) is 3.12. The summed E-state index contributed by atoms with van der Waals surface area (Å²) < 4.78 is 52.7. The van der Waals surface area contributed by atoms with E-state index in [0.717, 1.165) is 11.6 Å².